The molecule has 8 nitrogen and oxygen atoms in total. The van der Waals surface area contributed by atoms with Crippen molar-refractivity contribution in [1.29, 1.82) is 0 Å². The van der Waals surface area contributed by atoms with E-state index in [1.165, 1.54) is 36.0 Å². The number of benzene rings is 2. The molecule has 1 heterocycles. The summed E-state index contributed by atoms with van der Waals surface area (Å²) in [6.45, 7) is 1.76. The molecule has 0 saturated carbocycles. The summed E-state index contributed by atoms with van der Waals surface area (Å²) in [4.78, 5) is 1.45. The molecule has 1 atom stereocenters. The highest BCUT2D eigenvalue weighted by atomic mass is 32.2. The molecular formula is C17H18FN5O3S. The molecule has 0 spiro atoms. The monoisotopic (exact) mass is 391 g/mol. The van der Waals surface area contributed by atoms with E-state index >= 15 is 0 Å². The largest absolute Gasteiger partial charge is 0.392 e. The number of hydrogen-bond acceptors (Lipinski definition) is 6. The summed E-state index contributed by atoms with van der Waals surface area (Å²) in [6.07, 6.45) is -0.778. The fourth-order valence-electron chi connectivity index (χ4n) is 2.28. The third-order valence-electron chi connectivity index (χ3n) is 3.68. The summed E-state index contributed by atoms with van der Waals surface area (Å²) in [6, 6.07) is 12.0. The van der Waals surface area contributed by atoms with Crippen LogP contribution in [-0.2, 0) is 16.6 Å². The Morgan fingerprint density at radius 3 is 2.44 bits per heavy atom. The van der Waals surface area contributed by atoms with E-state index in [1.807, 2.05) is 0 Å². The first-order chi connectivity index (χ1) is 12.8. The molecule has 0 radical (unpaired) electrons. The van der Waals surface area contributed by atoms with Crippen LogP contribution in [0.2, 0.25) is 0 Å². The molecule has 0 aliphatic carbocycles. The maximum atomic E-state index is 12.9. The Labute approximate surface area is 155 Å². The molecule has 10 heteroatoms. The first-order valence-electron chi connectivity index (χ1n) is 8.14. The molecule has 0 aliphatic heterocycles. The average Bonchev–Trinajstić information content (AvgIpc) is 3.11. The summed E-state index contributed by atoms with van der Waals surface area (Å²) < 4.78 is 39.5. The van der Waals surface area contributed by atoms with Gasteiger partial charge in [0.2, 0.25) is 15.8 Å². The molecule has 2 aromatic carbocycles. The number of nitrogens with one attached hydrogen (secondary N) is 1. The van der Waals surface area contributed by atoms with Crippen LogP contribution in [0.25, 0.3) is 11.4 Å². The molecule has 0 bridgehead atoms. The van der Waals surface area contributed by atoms with Gasteiger partial charge in [0.15, 0.2) is 0 Å². The van der Waals surface area contributed by atoms with E-state index in [1.54, 1.807) is 24.3 Å². The van der Waals surface area contributed by atoms with E-state index in [0.717, 1.165) is 5.56 Å². The minimum atomic E-state index is -3.70. The normalized spacial score (nSPS) is 12.9. The minimum Gasteiger partial charge on any atom is -0.392 e. The fraction of sp³-hybridized carbons (Fsp3) is 0.235. The molecule has 1 aromatic heterocycles. The third-order valence-corrected chi connectivity index (χ3v) is 5.12. The summed E-state index contributed by atoms with van der Waals surface area (Å²) in [5.74, 6) is 0.0296. The number of tetrazole rings is 1. The Balaban J connectivity index is 1.72. The topological polar surface area (TPSA) is 110 Å². The highest BCUT2D eigenvalue weighted by molar-refractivity contribution is 7.89. The highest BCUT2D eigenvalue weighted by Gasteiger charge is 2.15. The molecule has 0 saturated heterocycles. The smallest absolute Gasteiger partial charge is 0.240 e. The number of rotatable bonds is 7. The van der Waals surface area contributed by atoms with E-state index in [9.17, 15) is 17.9 Å². The van der Waals surface area contributed by atoms with Crippen LogP contribution in [0.1, 0.15) is 12.5 Å². The summed E-state index contributed by atoms with van der Waals surface area (Å²) in [5.41, 5.74) is 1.43. The molecule has 0 unspecified atom stereocenters. The van der Waals surface area contributed by atoms with Gasteiger partial charge in [0, 0.05) is 12.1 Å². The van der Waals surface area contributed by atoms with Crippen LogP contribution in [-0.4, -0.2) is 46.4 Å². The van der Waals surface area contributed by atoms with Gasteiger partial charge in [-0.25, -0.2) is 17.5 Å². The van der Waals surface area contributed by atoms with Gasteiger partial charge in [-0.3, -0.25) is 0 Å². The van der Waals surface area contributed by atoms with Crippen molar-refractivity contribution >= 4 is 10.0 Å². The number of hydrogen-bond donors (Lipinski definition) is 2. The Hall–Kier alpha value is -2.69. The van der Waals surface area contributed by atoms with E-state index in [-0.39, 0.29) is 17.3 Å². The Bertz CT molecular complexity index is 1000. The van der Waals surface area contributed by atoms with Crippen LogP contribution in [0.15, 0.2) is 53.4 Å². The average molecular weight is 391 g/mol. The Kier molecular flexibility index (Phi) is 5.59. The van der Waals surface area contributed by atoms with Crippen LogP contribution in [0.4, 0.5) is 4.39 Å². The summed E-state index contributed by atoms with van der Waals surface area (Å²) in [7, 11) is -3.70. The second kappa shape index (κ2) is 7.91. The minimum absolute atomic E-state index is 0.0661. The van der Waals surface area contributed by atoms with Crippen molar-refractivity contribution < 1.29 is 17.9 Å². The zero-order valence-corrected chi connectivity index (χ0v) is 15.3. The second-order valence-corrected chi connectivity index (χ2v) is 7.76. The number of aliphatic hydroxyl groups excluding tert-OH is 1. The summed E-state index contributed by atoms with van der Waals surface area (Å²) >= 11 is 0. The number of aliphatic hydroxyl groups is 1. The van der Waals surface area contributed by atoms with Crippen molar-refractivity contribution in [1.82, 2.24) is 24.9 Å². The van der Waals surface area contributed by atoms with Gasteiger partial charge < -0.3 is 5.11 Å². The number of halogens is 1. The Morgan fingerprint density at radius 1 is 1.15 bits per heavy atom. The zero-order chi connectivity index (χ0) is 19.4. The van der Waals surface area contributed by atoms with E-state index in [0.29, 0.717) is 17.9 Å². The van der Waals surface area contributed by atoms with Crippen molar-refractivity contribution in [2.45, 2.75) is 24.5 Å². The van der Waals surface area contributed by atoms with E-state index < -0.39 is 16.1 Å². The maximum Gasteiger partial charge on any atom is 0.240 e. The van der Waals surface area contributed by atoms with Crippen LogP contribution in [0.3, 0.4) is 0 Å². The SMILES string of the molecule is C[C@H](O)CNS(=O)(=O)c1ccc(-c2nnn(Cc3ccc(F)cc3)n2)cc1. The second-order valence-electron chi connectivity index (χ2n) is 6.00. The molecule has 0 amide bonds. The van der Waals surface area contributed by atoms with Crippen LogP contribution < -0.4 is 4.72 Å². The zero-order valence-electron chi connectivity index (χ0n) is 14.4. The van der Waals surface area contributed by atoms with Gasteiger partial charge in [-0.1, -0.05) is 12.1 Å². The van der Waals surface area contributed by atoms with Crippen molar-refractivity contribution in [3.63, 3.8) is 0 Å². The van der Waals surface area contributed by atoms with Gasteiger partial charge in [-0.2, -0.15) is 4.80 Å². The molecule has 27 heavy (non-hydrogen) atoms. The van der Waals surface area contributed by atoms with Gasteiger partial charge in [-0.15, -0.1) is 10.2 Å². The quantitative estimate of drug-likeness (QED) is 0.626. The van der Waals surface area contributed by atoms with Gasteiger partial charge >= 0.3 is 0 Å². The lowest BCUT2D eigenvalue weighted by atomic mass is 10.2. The van der Waals surface area contributed by atoms with Crippen molar-refractivity contribution in [2.24, 2.45) is 0 Å². The van der Waals surface area contributed by atoms with Gasteiger partial charge in [0.25, 0.3) is 0 Å². The van der Waals surface area contributed by atoms with E-state index in [4.69, 9.17) is 0 Å². The fourth-order valence-corrected chi connectivity index (χ4v) is 3.40. The number of nitrogens with zero attached hydrogens (tertiary/aromatic N) is 4. The van der Waals surface area contributed by atoms with Gasteiger partial charge in [-0.05, 0) is 54.1 Å². The van der Waals surface area contributed by atoms with Crippen LogP contribution in [0.5, 0.6) is 0 Å². The van der Waals surface area contributed by atoms with Crippen molar-refractivity contribution in [3.8, 4) is 11.4 Å². The molecule has 3 aromatic rings. The maximum absolute atomic E-state index is 12.9. The first-order valence-corrected chi connectivity index (χ1v) is 9.62. The number of aromatic nitrogens is 4. The van der Waals surface area contributed by atoms with Crippen molar-refractivity contribution in [2.75, 3.05) is 6.54 Å². The van der Waals surface area contributed by atoms with Crippen molar-refractivity contribution in [3.05, 3.63) is 59.9 Å². The predicted molar refractivity (Wildman–Crippen MR) is 95.6 cm³/mol. The van der Waals surface area contributed by atoms with E-state index in [2.05, 4.69) is 20.1 Å². The lowest BCUT2D eigenvalue weighted by Gasteiger charge is -2.08. The first kappa shape index (κ1) is 19.1. The lowest BCUT2D eigenvalue weighted by molar-refractivity contribution is 0.198. The van der Waals surface area contributed by atoms with Crippen LogP contribution >= 0.6 is 0 Å². The molecule has 142 valence electrons. The molecule has 3 rings (SSSR count). The van der Waals surface area contributed by atoms with Gasteiger partial charge in [0.05, 0.1) is 17.5 Å². The molecular weight excluding hydrogens is 373 g/mol. The molecule has 0 aliphatic rings. The van der Waals surface area contributed by atoms with Crippen LogP contribution in [0, 0.1) is 5.82 Å². The molecule has 2 N–H and O–H groups in total. The standard InChI is InChI=1S/C17H18FN5O3S/c1-12(24)10-19-27(25,26)16-8-4-14(5-9-16)17-20-22-23(21-17)11-13-2-6-15(18)7-3-13/h2-9,12,19,24H,10-11H2,1H3/t12-/m0/s1. The lowest BCUT2D eigenvalue weighted by Crippen LogP contribution is -2.30. The van der Waals surface area contributed by atoms with Gasteiger partial charge in [0.1, 0.15) is 5.82 Å². The molecule has 0 fully saturated rings. The highest BCUT2D eigenvalue weighted by Crippen LogP contribution is 2.17. The number of sulfonamides is 1. The Morgan fingerprint density at radius 2 is 1.81 bits per heavy atom. The predicted octanol–water partition coefficient (Wildman–Crippen LogP) is 1.19. The third kappa shape index (κ3) is 4.94. The summed E-state index contributed by atoms with van der Waals surface area (Å²) in [5, 5.41) is 21.4.